The van der Waals surface area contributed by atoms with Crippen LogP contribution in [0, 0.1) is 0 Å². The molecule has 0 spiro atoms. The fourth-order valence-electron chi connectivity index (χ4n) is 2.73. The fraction of sp³-hybridized carbons (Fsp3) is 0. The molecule has 4 aromatic rings. The lowest BCUT2D eigenvalue weighted by atomic mass is 10.0. The van der Waals surface area contributed by atoms with E-state index < -0.39 is 0 Å². The van der Waals surface area contributed by atoms with E-state index in [9.17, 15) is 0 Å². The molecule has 0 aliphatic rings. The summed E-state index contributed by atoms with van der Waals surface area (Å²) in [5.74, 6) is 0. The summed E-state index contributed by atoms with van der Waals surface area (Å²) in [6.07, 6.45) is 3.49. The molecule has 0 amide bonds. The Labute approximate surface area is 140 Å². The molecule has 0 aliphatic heterocycles. The number of benzene rings is 2. The molecule has 0 atom stereocenters. The molecule has 4 nitrogen and oxygen atoms in total. The Morgan fingerprint density at radius 2 is 1.71 bits per heavy atom. The predicted octanol–water partition coefficient (Wildman–Crippen LogP) is 4.62. The van der Waals surface area contributed by atoms with Gasteiger partial charge in [0.05, 0.1) is 28.8 Å². The van der Waals surface area contributed by atoms with Gasteiger partial charge in [0.1, 0.15) is 0 Å². The number of hydrogen-bond donors (Lipinski definition) is 2. The van der Waals surface area contributed by atoms with E-state index in [-0.39, 0.29) is 0 Å². The van der Waals surface area contributed by atoms with Crippen LogP contribution in [0.15, 0.2) is 79.1 Å². The number of fused-ring (bicyclic) bond motifs is 1. The first kappa shape index (κ1) is 14.2. The van der Waals surface area contributed by atoms with Crippen LogP contribution in [-0.4, -0.2) is 9.97 Å². The molecule has 0 fully saturated rings. The van der Waals surface area contributed by atoms with Crippen molar-refractivity contribution in [3.05, 3.63) is 79.1 Å². The average Bonchev–Trinajstić information content (AvgIpc) is 2.64. The lowest BCUT2D eigenvalue weighted by Crippen LogP contribution is -1.98. The van der Waals surface area contributed by atoms with Crippen molar-refractivity contribution in [1.82, 2.24) is 9.97 Å². The van der Waals surface area contributed by atoms with Gasteiger partial charge in [-0.05, 0) is 30.3 Å². The molecule has 4 rings (SSSR count). The van der Waals surface area contributed by atoms with Gasteiger partial charge < -0.3 is 11.1 Å². The lowest BCUT2D eigenvalue weighted by Gasteiger charge is -2.12. The van der Waals surface area contributed by atoms with Crippen LogP contribution in [0.2, 0.25) is 0 Å². The van der Waals surface area contributed by atoms with E-state index in [4.69, 9.17) is 5.73 Å². The summed E-state index contributed by atoms with van der Waals surface area (Å²) < 4.78 is 0. The van der Waals surface area contributed by atoms with Gasteiger partial charge in [-0.1, -0.05) is 36.4 Å². The van der Waals surface area contributed by atoms with Crippen LogP contribution in [0.1, 0.15) is 0 Å². The van der Waals surface area contributed by atoms with E-state index in [1.165, 1.54) is 0 Å². The molecule has 2 aromatic carbocycles. The van der Waals surface area contributed by atoms with Crippen LogP contribution in [0.25, 0.3) is 22.2 Å². The predicted molar refractivity (Wildman–Crippen MR) is 99.1 cm³/mol. The lowest BCUT2D eigenvalue weighted by molar-refractivity contribution is 1.32. The third kappa shape index (κ3) is 2.65. The van der Waals surface area contributed by atoms with Crippen molar-refractivity contribution < 1.29 is 0 Å². The van der Waals surface area contributed by atoms with Crippen molar-refractivity contribution in [2.45, 2.75) is 0 Å². The van der Waals surface area contributed by atoms with E-state index in [2.05, 4.69) is 27.4 Å². The first-order valence-electron chi connectivity index (χ1n) is 7.73. The zero-order valence-electron chi connectivity index (χ0n) is 13.0. The first-order valence-corrected chi connectivity index (χ1v) is 7.73. The third-order valence-corrected chi connectivity index (χ3v) is 3.91. The van der Waals surface area contributed by atoms with Gasteiger partial charge in [0.15, 0.2) is 0 Å². The topological polar surface area (TPSA) is 63.8 Å². The summed E-state index contributed by atoms with van der Waals surface area (Å²) in [7, 11) is 0. The summed E-state index contributed by atoms with van der Waals surface area (Å²) in [5, 5.41) is 4.42. The number of anilines is 3. The Hall–Kier alpha value is -3.40. The van der Waals surface area contributed by atoms with E-state index in [0.29, 0.717) is 5.69 Å². The molecule has 0 saturated heterocycles. The summed E-state index contributed by atoms with van der Waals surface area (Å²) in [6, 6.07) is 22.0. The summed E-state index contributed by atoms with van der Waals surface area (Å²) in [5.41, 5.74) is 11.4. The van der Waals surface area contributed by atoms with Gasteiger partial charge in [0.2, 0.25) is 0 Å². The van der Waals surface area contributed by atoms with E-state index in [1.54, 1.807) is 12.4 Å². The van der Waals surface area contributed by atoms with Crippen molar-refractivity contribution in [1.29, 1.82) is 0 Å². The number of nitrogen functional groups attached to an aromatic ring is 1. The van der Waals surface area contributed by atoms with Crippen LogP contribution >= 0.6 is 0 Å². The molecule has 4 heteroatoms. The Bertz CT molecular complexity index is 991. The van der Waals surface area contributed by atoms with Crippen molar-refractivity contribution in [2.75, 3.05) is 11.1 Å². The van der Waals surface area contributed by atoms with Gasteiger partial charge in [-0.2, -0.15) is 0 Å². The quantitative estimate of drug-likeness (QED) is 0.579. The zero-order chi connectivity index (χ0) is 16.4. The monoisotopic (exact) mass is 312 g/mol. The van der Waals surface area contributed by atoms with Crippen molar-refractivity contribution in [2.24, 2.45) is 0 Å². The van der Waals surface area contributed by atoms with Gasteiger partial charge in [0.25, 0.3) is 0 Å². The van der Waals surface area contributed by atoms with Gasteiger partial charge in [0, 0.05) is 22.8 Å². The van der Waals surface area contributed by atoms with Crippen LogP contribution in [-0.2, 0) is 0 Å². The number of aromatic nitrogens is 2. The Kier molecular flexibility index (Phi) is 3.56. The van der Waals surface area contributed by atoms with Crippen molar-refractivity contribution >= 4 is 28.0 Å². The summed E-state index contributed by atoms with van der Waals surface area (Å²) in [4.78, 5) is 8.92. The van der Waals surface area contributed by atoms with Crippen LogP contribution in [0.5, 0.6) is 0 Å². The highest BCUT2D eigenvalue weighted by molar-refractivity contribution is 5.94. The summed E-state index contributed by atoms with van der Waals surface area (Å²) in [6.45, 7) is 0. The number of para-hydroxylation sites is 1. The van der Waals surface area contributed by atoms with Gasteiger partial charge in [-0.3, -0.25) is 9.97 Å². The third-order valence-electron chi connectivity index (χ3n) is 3.91. The van der Waals surface area contributed by atoms with E-state index in [0.717, 1.165) is 33.5 Å². The Morgan fingerprint density at radius 3 is 2.58 bits per heavy atom. The van der Waals surface area contributed by atoms with Crippen molar-refractivity contribution in [3.8, 4) is 11.3 Å². The second-order valence-corrected chi connectivity index (χ2v) is 5.52. The molecule has 0 radical (unpaired) electrons. The van der Waals surface area contributed by atoms with Crippen molar-refractivity contribution in [3.63, 3.8) is 0 Å². The summed E-state index contributed by atoms with van der Waals surface area (Å²) >= 11 is 0. The fourth-order valence-corrected chi connectivity index (χ4v) is 2.73. The molecule has 2 heterocycles. The van der Waals surface area contributed by atoms with Crippen LogP contribution < -0.4 is 11.1 Å². The molecular weight excluding hydrogens is 296 g/mol. The smallest absolute Gasteiger partial charge is 0.0740 e. The molecule has 2 aromatic heterocycles. The van der Waals surface area contributed by atoms with Gasteiger partial charge in [-0.15, -0.1) is 0 Å². The molecule has 24 heavy (non-hydrogen) atoms. The number of nitrogens with zero attached hydrogens (tertiary/aromatic N) is 2. The second-order valence-electron chi connectivity index (χ2n) is 5.52. The highest BCUT2D eigenvalue weighted by Crippen LogP contribution is 2.31. The maximum Gasteiger partial charge on any atom is 0.0740 e. The Morgan fingerprint density at radius 1 is 0.833 bits per heavy atom. The highest BCUT2D eigenvalue weighted by Gasteiger charge is 2.08. The number of nitrogens with two attached hydrogens (primary N) is 1. The number of pyridine rings is 2. The van der Waals surface area contributed by atoms with E-state index >= 15 is 0 Å². The first-order chi connectivity index (χ1) is 11.8. The SMILES string of the molecule is Nc1cnc(-c2cccc3ncccc23)cc1Nc1ccccc1. The zero-order valence-corrected chi connectivity index (χ0v) is 13.0. The van der Waals surface area contributed by atoms with Gasteiger partial charge >= 0.3 is 0 Å². The number of rotatable bonds is 3. The maximum absolute atomic E-state index is 6.09. The molecule has 0 bridgehead atoms. The van der Waals surface area contributed by atoms with Gasteiger partial charge in [-0.25, -0.2) is 0 Å². The standard InChI is InChI=1S/C20H16N4/c21-17-13-23-19(12-20(17)24-14-6-2-1-3-7-14)16-8-4-10-18-15(16)9-5-11-22-18/h1-13H,21H2,(H,23,24). The average molecular weight is 312 g/mol. The maximum atomic E-state index is 6.09. The second kappa shape index (κ2) is 6.01. The number of hydrogen-bond acceptors (Lipinski definition) is 4. The van der Waals surface area contributed by atoms with Crippen LogP contribution in [0.3, 0.4) is 0 Å². The molecular formula is C20H16N4. The minimum atomic E-state index is 0.612. The minimum Gasteiger partial charge on any atom is -0.396 e. The highest BCUT2D eigenvalue weighted by atomic mass is 14.9. The van der Waals surface area contributed by atoms with Crippen LogP contribution in [0.4, 0.5) is 17.1 Å². The Balaban J connectivity index is 1.80. The molecule has 116 valence electrons. The largest absolute Gasteiger partial charge is 0.396 e. The van der Waals surface area contributed by atoms with E-state index in [1.807, 2.05) is 54.6 Å². The molecule has 3 N–H and O–H groups in total. The molecule has 0 aliphatic carbocycles. The normalized spacial score (nSPS) is 10.7. The molecule has 0 unspecified atom stereocenters. The number of nitrogens with one attached hydrogen (secondary N) is 1. The minimum absolute atomic E-state index is 0.612. The molecule has 0 saturated carbocycles.